The second-order valence-corrected chi connectivity index (χ2v) is 6.59. The zero-order valence-electron chi connectivity index (χ0n) is 12.6. The monoisotopic (exact) mass is 327 g/mol. The van der Waals surface area contributed by atoms with E-state index in [9.17, 15) is 14.4 Å². The van der Waals surface area contributed by atoms with E-state index in [0.717, 1.165) is 4.88 Å². The molecule has 1 atom stereocenters. The first-order valence-corrected chi connectivity index (χ1v) is 7.70. The van der Waals surface area contributed by atoms with Crippen LogP contribution in [0.2, 0.25) is 0 Å². The minimum absolute atomic E-state index is 0.0266. The van der Waals surface area contributed by atoms with E-state index in [1.54, 1.807) is 13.8 Å². The van der Waals surface area contributed by atoms with Crippen molar-refractivity contribution in [2.45, 2.75) is 44.7 Å². The van der Waals surface area contributed by atoms with E-state index in [1.165, 1.54) is 11.3 Å². The summed E-state index contributed by atoms with van der Waals surface area (Å²) >= 11 is 1.42. The molecule has 1 unspecified atom stereocenters. The molecular weight excluding hydrogens is 306 g/mol. The van der Waals surface area contributed by atoms with Crippen LogP contribution in [0.3, 0.4) is 0 Å². The van der Waals surface area contributed by atoms with Gasteiger partial charge in [0, 0.05) is 16.8 Å². The molecule has 0 spiro atoms. The van der Waals surface area contributed by atoms with Gasteiger partial charge in [-0.05, 0) is 31.7 Å². The van der Waals surface area contributed by atoms with Crippen LogP contribution in [0.4, 0.5) is 4.79 Å². The van der Waals surface area contributed by atoms with Crippen LogP contribution in [0.5, 0.6) is 0 Å². The number of carbonyl (C=O) groups excluding carboxylic acids is 2. The Kier molecular flexibility index (Phi) is 6.36. The van der Waals surface area contributed by atoms with Gasteiger partial charge >= 0.3 is 12.0 Å². The predicted octanol–water partition coefficient (Wildman–Crippen LogP) is 1.61. The molecule has 5 N–H and O–H groups in total. The van der Waals surface area contributed by atoms with Gasteiger partial charge in [-0.25, -0.2) is 4.79 Å². The fraction of sp³-hybridized carbons (Fsp3) is 0.500. The van der Waals surface area contributed by atoms with Gasteiger partial charge in [-0.3, -0.25) is 9.59 Å². The van der Waals surface area contributed by atoms with Crippen LogP contribution in [-0.4, -0.2) is 28.6 Å². The Balaban J connectivity index is 2.63. The summed E-state index contributed by atoms with van der Waals surface area (Å²) in [5.74, 6) is -1.18. The minimum Gasteiger partial charge on any atom is -0.481 e. The molecule has 0 saturated carbocycles. The van der Waals surface area contributed by atoms with Crippen molar-refractivity contribution in [1.29, 1.82) is 0 Å². The quantitative estimate of drug-likeness (QED) is 0.579. The third kappa shape index (κ3) is 6.57. The zero-order chi connectivity index (χ0) is 16.8. The first-order chi connectivity index (χ1) is 10.2. The van der Waals surface area contributed by atoms with Crippen molar-refractivity contribution in [3.05, 3.63) is 22.4 Å². The highest BCUT2D eigenvalue weighted by Crippen LogP contribution is 2.22. The number of nitrogens with one attached hydrogen (secondary N) is 2. The summed E-state index contributed by atoms with van der Waals surface area (Å²) in [6.07, 6.45) is 0.335. The molecule has 1 rings (SSSR count). The maximum atomic E-state index is 12.1. The highest BCUT2D eigenvalue weighted by Gasteiger charge is 2.24. The molecule has 0 aliphatic rings. The molecule has 0 aromatic carbocycles. The van der Waals surface area contributed by atoms with Crippen molar-refractivity contribution < 1.29 is 19.5 Å². The van der Waals surface area contributed by atoms with Gasteiger partial charge in [0.05, 0.1) is 12.5 Å². The van der Waals surface area contributed by atoms with E-state index in [1.807, 2.05) is 17.5 Å². The lowest BCUT2D eigenvalue weighted by Crippen LogP contribution is -2.45. The number of rotatable bonds is 8. The van der Waals surface area contributed by atoms with E-state index in [2.05, 4.69) is 10.6 Å². The molecule has 1 aromatic rings. The first kappa shape index (κ1) is 18.0. The maximum absolute atomic E-state index is 12.1. The molecular formula is C14H21N3O4S. The smallest absolute Gasteiger partial charge is 0.312 e. The Hall–Kier alpha value is -2.09. The lowest BCUT2D eigenvalue weighted by molar-refractivity contribution is -0.137. The number of aliphatic carboxylic acids is 1. The molecule has 22 heavy (non-hydrogen) atoms. The second kappa shape index (κ2) is 7.79. The second-order valence-electron chi connectivity index (χ2n) is 5.61. The van der Waals surface area contributed by atoms with Crippen molar-refractivity contribution in [3.8, 4) is 0 Å². The van der Waals surface area contributed by atoms with Gasteiger partial charge in [-0.15, -0.1) is 11.3 Å². The summed E-state index contributed by atoms with van der Waals surface area (Å²) in [6.45, 7) is 3.52. The molecule has 0 saturated heterocycles. The van der Waals surface area contributed by atoms with Gasteiger partial charge in [0.1, 0.15) is 0 Å². The van der Waals surface area contributed by atoms with Crippen LogP contribution < -0.4 is 16.4 Å². The number of carbonyl (C=O) groups is 3. The topological polar surface area (TPSA) is 122 Å². The molecule has 1 heterocycles. The standard InChI is InChI=1S/C14H21N3O4S/c1-14(2,6-5-12(19)20)17-11(18)8-9(16-13(15)21)10-4-3-7-22-10/h3-4,7,9H,5-6,8H2,1-2H3,(H,17,18)(H,19,20)(H3,15,16,21). The average molecular weight is 327 g/mol. The fourth-order valence-electron chi connectivity index (χ4n) is 1.98. The molecule has 1 aromatic heterocycles. The van der Waals surface area contributed by atoms with Gasteiger partial charge < -0.3 is 21.5 Å². The number of hydrogen-bond donors (Lipinski definition) is 4. The van der Waals surface area contributed by atoms with Crippen LogP contribution in [0.25, 0.3) is 0 Å². The summed E-state index contributed by atoms with van der Waals surface area (Å²) in [5, 5.41) is 15.9. The normalized spacial score (nSPS) is 12.5. The SMILES string of the molecule is CC(C)(CCC(=O)O)NC(=O)CC(NC(N)=O)c1cccs1. The molecule has 0 radical (unpaired) electrons. The summed E-state index contributed by atoms with van der Waals surface area (Å²) in [4.78, 5) is 34.7. The molecule has 0 bridgehead atoms. The average Bonchev–Trinajstić information content (AvgIpc) is 2.88. The number of carboxylic acids is 1. The number of primary amides is 1. The summed E-state index contributed by atoms with van der Waals surface area (Å²) in [5.41, 5.74) is 4.50. The Morgan fingerprint density at radius 3 is 2.59 bits per heavy atom. The molecule has 0 aliphatic heterocycles. The van der Waals surface area contributed by atoms with Gasteiger partial charge in [-0.1, -0.05) is 6.07 Å². The van der Waals surface area contributed by atoms with E-state index in [4.69, 9.17) is 10.8 Å². The fourth-order valence-corrected chi connectivity index (χ4v) is 2.76. The number of urea groups is 1. The Morgan fingerprint density at radius 2 is 2.09 bits per heavy atom. The van der Waals surface area contributed by atoms with Crippen molar-refractivity contribution in [3.63, 3.8) is 0 Å². The van der Waals surface area contributed by atoms with Crippen LogP contribution >= 0.6 is 11.3 Å². The number of amides is 3. The van der Waals surface area contributed by atoms with Crippen LogP contribution in [0.15, 0.2) is 17.5 Å². The molecule has 8 heteroatoms. The molecule has 7 nitrogen and oxygen atoms in total. The number of hydrogen-bond acceptors (Lipinski definition) is 4. The molecule has 0 fully saturated rings. The van der Waals surface area contributed by atoms with Crippen molar-refractivity contribution in [2.24, 2.45) is 5.73 Å². The Labute approximate surface area is 132 Å². The van der Waals surface area contributed by atoms with E-state index < -0.39 is 23.6 Å². The highest BCUT2D eigenvalue weighted by atomic mass is 32.1. The lowest BCUT2D eigenvalue weighted by Gasteiger charge is -2.27. The van der Waals surface area contributed by atoms with Gasteiger partial charge in [0.25, 0.3) is 0 Å². The number of thiophene rings is 1. The highest BCUT2D eigenvalue weighted by molar-refractivity contribution is 7.10. The Morgan fingerprint density at radius 1 is 1.41 bits per heavy atom. The van der Waals surface area contributed by atoms with Gasteiger partial charge in [0.15, 0.2) is 0 Å². The summed E-state index contributed by atoms with van der Waals surface area (Å²) < 4.78 is 0. The van der Waals surface area contributed by atoms with E-state index in [-0.39, 0.29) is 18.7 Å². The maximum Gasteiger partial charge on any atom is 0.312 e. The van der Waals surface area contributed by atoms with Gasteiger partial charge in [0.2, 0.25) is 5.91 Å². The van der Waals surface area contributed by atoms with Crippen LogP contribution in [-0.2, 0) is 9.59 Å². The van der Waals surface area contributed by atoms with Gasteiger partial charge in [-0.2, -0.15) is 0 Å². The minimum atomic E-state index is -0.908. The largest absolute Gasteiger partial charge is 0.481 e. The number of nitrogens with two attached hydrogens (primary N) is 1. The predicted molar refractivity (Wildman–Crippen MR) is 83.5 cm³/mol. The van der Waals surface area contributed by atoms with Crippen molar-refractivity contribution >= 4 is 29.2 Å². The first-order valence-electron chi connectivity index (χ1n) is 6.82. The zero-order valence-corrected chi connectivity index (χ0v) is 13.4. The summed E-state index contributed by atoms with van der Waals surface area (Å²) in [7, 11) is 0. The lowest BCUT2D eigenvalue weighted by atomic mass is 9.97. The molecule has 122 valence electrons. The van der Waals surface area contributed by atoms with Crippen molar-refractivity contribution in [1.82, 2.24) is 10.6 Å². The van der Waals surface area contributed by atoms with Crippen molar-refractivity contribution in [2.75, 3.05) is 0 Å². The van der Waals surface area contributed by atoms with Crippen LogP contribution in [0.1, 0.15) is 44.0 Å². The van der Waals surface area contributed by atoms with E-state index in [0.29, 0.717) is 6.42 Å². The Bertz CT molecular complexity index is 528. The third-order valence-corrected chi connectivity index (χ3v) is 4.02. The number of carboxylic acid groups (broad SMARTS) is 1. The molecule has 3 amide bonds. The van der Waals surface area contributed by atoms with Crippen LogP contribution in [0, 0.1) is 0 Å². The van der Waals surface area contributed by atoms with E-state index >= 15 is 0 Å². The third-order valence-electron chi connectivity index (χ3n) is 3.03. The molecule has 0 aliphatic carbocycles. The summed E-state index contributed by atoms with van der Waals surface area (Å²) in [6, 6.07) is 2.45.